The van der Waals surface area contributed by atoms with E-state index < -0.39 is 6.04 Å². The highest BCUT2D eigenvalue weighted by Gasteiger charge is 2.30. The number of ether oxygens (including phenoxy) is 1. The van der Waals surface area contributed by atoms with Gasteiger partial charge in [0, 0.05) is 29.0 Å². The van der Waals surface area contributed by atoms with E-state index >= 15 is 0 Å². The number of carbonyl (C=O) groups is 2. The lowest BCUT2D eigenvalue weighted by Gasteiger charge is -2.31. The molecular weight excluding hydrogens is 504 g/mol. The third-order valence-electron chi connectivity index (χ3n) is 5.05. The van der Waals surface area contributed by atoms with Gasteiger partial charge in [0.05, 0.1) is 0 Å². The van der Waals surface area contributed by atoms with Gasteiger partial charge in [-0.1, -0.05) is 76.1 Å². The molecule has 33 heavy (non-hydrogen) atoms. The number of likely N-dealkylation sites (N-methyl/N-ethyl adjacent to an activating group) is 1. The second kappa shape index (κ2) is 12.4. The van der Waals surface area contributed by atoms with Gasteiger partial charge in [0.2, 0.25) is 5.91 Å². The summed E-state index contributed by atoms with van der Waals surface area (Å²) in [6.07, 6.45) is 0.395. The van der Waals surface area contributed by atoms with Crippen molar-refractivity contribution in [2.24, 2.45) is 0 Å². The highest BCUT2D eigenvalue weighted by atomic mass is 79.9. The van der Waals surface area contributed by atoms with Crippen molar-refractivity contribution in [2.45, 2.75) is 25.9 Å². The van der Waals surface area contributed by atoms with Crippen molar-refractivity contribution in [2.75, 3.05) is 13.2 Å². The maximum absolute atomic E-state index is 13.4. The molecule has 3 aromatic carbocycles. The quantitative estimate of drug-likeness (QED) is 0.390. The zero-order valence-corrected chi connectivity index (χ0v) is 20.7. The third kappa shape index (κ3) is 7.62. The van der Waals surface area contributed by atoms with Gasteiger partial charge in [0.25, 0.3) is 5.91 Å². The molecule has 3 aromatic rings. The molecule has 0 unspecified atom stereocenters. The first-order valence-corrected chi connectivity index (χ1v) is 11.9. The Bertz CT molecular complexity index is 1060. The molecule has 0 radical (unpaired) electrons. The summed E-state index contributed by atoms with van der Waals surface area (Å²) in [5, 5.41) is 3.40. The van der Waals surface area contributed by atoms with E-state index in [0.717, 1.165) is 15.6 Å². The zero-order chi connectivity index (χ0) is 23.6. The van der Waals surface area contributed by atoms with E-state index in [0.29, 0.717) is 23.7 Å². The van der Waals surface area contributed by atoms with Crippen LogP contribution in [-0.2, 0) is 22.6 Å². The Morgan fingerprint density at radius 1 is 1.00 bits per heavy atom. The standard InChI is InChI=1S/C26H26BrClN2O3/c1-2-29-26(32)24(15-19-7-4-3-5-8-19)30(17-20-11-13-21(27)14-12-20)25(31)18-33-23-10-6-9-22(28)16-23/h3-14,16,24H,2,15,17-18H2,1H3,(H,29,32)/t24-/m1/s1. The van der Waals surface area contributed by atoms with Crippen LogP contribution >= 0.6 is 27.5 Å². The SMILES string of the molecule is CCNC(=O)[C@@H](Cc1ccccc1)N(Cc1ccc(Br)cc1)C(=O)COc1cccc(Cl)c1. The van der Waals surface area contributed by atoms with Crippen molar-refractivity contribution >= 4 is 39.3 Å². The molecule has 0 aliphatic carbocycles. The maximum Gasteiger partial charge on any atom is 0.261 e. The lowest BCUT2D eigenvalue weighted by Crippen LogP contribution is -2.51. The van der Waals surface area contributed by atoms with Gasteiger partial charge in [-0.3, -0.25) is 9.59 Å². The van der Waals surface area contributed by atoms with Gasteiger partial charge < -0.3 is 15.0 Å². The van der Waals surface area contributed by atoms with Crippen LogP contribution < -0.4 is 10.1 Å². The number of nitrogens with one attached hydrogen (secondary N) is 1. The van der Waals surface area contributed by atoms with Gasteiger partial charge >= 0.3 is 0 Å². The third-order valence-corrected chi connectivity index (χ3v) is 5.81. The van der Waals surface area contributed by atoms with Crippen LogP contribution in [0.5, 0.6) is 5.75 Å². The van der Waals surface area contributed by atoms with E-state index in [9.17, 15) is 9.59 Å². The smallest absolute Gasteiger partial charge is 0.261 e. The van der Waals surface area contributed by atoms with Crippen LogP contribution in [0.3, 0.4) is 0 Å². The van der Waals surface area contributed by atoms with Crippen LogP contribution in [0.15, 0.2) is 83.3 Å². The number of hydrogen-bond donors (Lipinski definition) is 1. The van der Waals surface area contributed by atoms with Gasteiger partial charge in [0.15, 0.2) is 6.61 Å². The number of hydrogen-bond acceptors (Lipinski definition) is 3. The van der Waals surface area contributed by atoms with Crippen molar-refractivity contribution in [3.8, 4) is 5.75 Å². The van der Waals surface area contributed by atoms with Crippen LogP contribution in [0.25, 0.3) is 0 Å². The first kappa shape index (κ1) is 24.8. The summed E-state index contributed by atoms with van der Waals surface area (Å²) in [5.74, 6) is 0.0108. The monoisotopic (exact) mass is 528 g/mol. The molecule has 1 N–H and O–H groups in total. The van der Waals surface area contributed by atoms with Crippen LogP contribution in [0, 0.1) is 0 Å². The molecule has 0 spiro atoms. The lowest BCUT2D eigenvalue weighted by molar-refractivity contribution is -0.142. The highest BCUT2D eigenvalue weighted by molar-refractivity contribution is 9.10. The molecule has 0 aliphatic rings. The molecular formula is C26H26BrClN2O3. The van der Waals surface area contributed by atoms with Crippen molar-refractivity contribution in [3.63, 3.8) is 0 Å². The number of rotatable bonds is 10. The highest BCUT2D eigenvalue weighted by Crippen LogP contribution is 2.19. The summed E-state index contributed by atoms with van der Waals surface area (Å²) in [6, 6.07) is 23.6. The van der Waals surface area contributed by atoms with E-state index in [-0.39, 0.29) is 25.0 Å². The molecule has 0 bridgehead atoms. The van der Waals surface area contributed by atoms with Crippen LogP contribution in [0.4, 0.5) is 0 Å². The Labute approximate surface area is 207 Å². The average molecular weight is 530 g/mol. The lowest BCUT2D eigenvalue weighted by atomic mass is 10.0. The van der Waals surface area contributed by atoms with Gasteiger partial charge in [0.1, 0.15) is 11.8 Å². The number of benzene rings is 3. The number of carbonyl (C=O) groups excluding carboxylic acids is 2. The summed E-state index contributed by atoms with van der Waals surface area (Å²) >= 11 is 9.47. The van der Waals surface area contributed by atoms with Crippen molar-refractivity contribution in [1.82, 2.24) is 10.2 Å². The molecule has 172 valence electrons. The maximum atomic E-state index is 13.4. The normalized spacial score (nSPS) is 11.5. The molecule has 1 atom stereocenters. The Morgan fingerprint density at radius 3 is 2.39 bits per heavy atom. The molecule has 0 saturated carbocycles. The minimum Gasteiger partial charge on any atom is -0.484 e. The Hall–Kier alpha value is -2.83. The summed E-state index contributed by atoms with van der Waals surface area (Å²) in [5.41, 5.74) is 1.88. The molecule has 5 nitrogen and oxygen atoms in total. The molecule has 2 amide bonds. The summed E-state index contributed by atoms with van der Waals surface area (Å²) < 4.78 is 6.65. The second-order valence-electron chi connectivity index (χ2n) is 7.49. The van der Waals surface area contributed by atoms with E-state index in [4.69, 9.17) is 16.3 Å². The van der Waals surface area contributed by atoms with E-state index in [1.54, 1.807) is 29.2 Å². The van der Waals surface area contributed by atoms with Crippen LogP contribution in [0.1, 0.15) is 18.1 Å². The molecule has 0 saturated heterocycles. The molecule has 0 fully saturated rings. The fourth-order valence-corrected chi connectivity index (χ4v) is 3.86. The molecule has 3 rings (SSSR count). The van der Waals surface area contributed by atoms with Gasteiger partial charge in [-0.2, -0.15) is 0 Å². The van der Waals surface area contributed by atoms with E-state index in [1.807, 2.05) is 61.5 Å². The molecule has 0 aliphatic heterocycles. The minimum atomic E-state index is -0.688. The minimum absolute atomic E-state index is 0.199. The van der Waals surface area contributed by atoms with Crippen LogP contribution in [-0.4, -0.2) is 35.9 Å². The Balaban J connectivity index is 1.88. The van der Waals surface area contributed by atoms with Gasteiger partial charge in [-0.05, 0) is 48.4 Å². The fourth-order valence-electron chi connectivity index (χ4n) is 3.42. The number of halogens is 2. The van der Waals surface area contributed by atoms with Crippen molar-refractivity contribution in [3.05, 3.63) is 99.5 Å². The Morgan fingerprint density at radius 2 is 1.73 bits per heavy atom. The Kier molecular flexibility index (Phi) is 9.34. The van der Waals surface area contributed by atoms with E-state index in [2.05, 4.69) is 21.2 Å². The van der Waals surface area contributed by atoms with Gasteiger partial charge in [-0.15, -0.1) is 0 Å². The van der Waals surface area contributed by atoms with Crippen molar-refractivity contribution < 1.29 is 14.3 Å². The first-order chi connectivity index (χ1) is 16.0. The van der Waals surface area contributed by atoms with Crippen LogP contribution in [0.2, 0.25) is 5.02 Å². The largest absolute Gasteiger partial charge is 0.484 e. The molecule has 7 heteroatoms. The summed E-state index contributed by atoms with van der Waals surface area (Å²) in [7, 11) is 0. The second-order valence-corrected chi connectivity index (χ2v) is 8.85. The predicted molar refractivity (Wildman–Crippen MR) is 134 cm³/mol. The molecule has 0 aromatic heterocycles. The molecule has 0 heterocycles. The van der Waals surface area contributed by atoms with E-state index in [1.165, 1.54) is 0 Å². The number of nitrogens with zero attached hydrogens (tertiary/aromatic N) is 1. The first-order valence-electron chi connectivity index (χ1n) is 10.7. The topological polar surface area (TPSA) is 58.6 Å². The summed E-state index contributed by atoms with van der Waals surface area (Å²) in [6.45, 7) is 2.41. The number of amides is 2. The predicted octanol–water partition coefficient (Wildman–Crippen LogP) is 5.26. The summed E-state index contributed by atoms with van der Waals surface area (Å²) in [4.78, 5) is 28.1. The zero-order valence-electron chi connectivity index (χ0n) is 18.3. The fraction of sp³-hybridized carbons (Fsp3) is 0.231. The van der Waals surface area contributed by atoms with Gasteiger partial charge in [-0.25, -0.2) is 0 Å². The average Bonchev–Trinajstić information content (AvgIpc) is 2.82. The van der Waals surface area contributed by atoms with Crippen molar-refractivity contribution in [1.29, 1.82) is 0 Å².